The van der Waals surface area contributed by atoms with E-state index < -0.39 is 5.60 Å². The van der Waals surface area contributed by atoms with Gasteiger partial charge in [-0.1, -0.05) is 11.6 Å². The number of piperidine rings is 1. The molecule has 0 unspecified atom stereocenters. The summed E-state index contributed by atoms with van der Waals surface area (Å²) in [6, 6.07) is 5.43. The van der Waals surface area contributed by atoms with Gasteiger partial charge in [0, 0.05) is 49.4 Å². The number of hydrogen-bond acceptors (Lipinski definition) is 6. The summed E-state index contributed by atoms with van der Waals surface area (Å²) >= 11 is 5.98. The molecule has 1 amide bonds. The van der Waals surface area contributed by atoms with Gasteiger partial charge in [-0.2, -0.15) is 0 Å². The zero-order valence-corrected chi connectivity index (χ0v) is 19.1. The van der Waals surface area contributed by atoms with Crippen LogP contribution >= 0.6 is 11.6 Å². The maximum absolute atomic E-state index is 12.2. The van der Waals surface area contributed by atoms with Crippen molar-refractivity contribution < 1.29 is 9.53 Å². The molecule has 1 aliphatic rings. The van der Waals surface area contributed by atoms with Crippen molar-refractivity contribution in [3.63, 3.8) is 0 Å². The number of amides is 1. The smallest absolute Gasteiger partial charge is 0.410 e. The van der Waals surface area contributed by atoms with Crippen molar-refractivity contribution in [1.29, 1.82) is 5.41 Å². The molecule has 0 atom stereocenters. The molecular formula is C23H30ClN5O2. The zero-order chi connectivity index (χ0) is 22.4. The van der Waals surface area contributed by atoms with Crippen LogP contribution in [-0.2, 0) is 4.74 Å². The van der Waals surface area contributed by atoms with Crippen molar-refractivity contribution in [1.82, 2.24) is 20.2 Å². The molecule has 0 aliphatic carbocycles. The third-order valence-electron chi connectivity index (χ3n) is 5.21. The van der Waals surface area contributed by atoms with Crippen LogP contribution < -0.4 is 5.32 Å². The van der Waals surface area contributed by atoms with Gasteiger partial charge in [0.2, 0.25) is 0 Å². The van der Waals surface area contributed by atoms with Gasteiger partial charge in [0.25, 0.3) is 0 Å². The first-order valence-electron chi connectivity index (χ1n) is 10.6. The molecular weight excluding hydrogens is 414 g/mol. The number of halogens is 1. The van der Waals surface area contributed by atoms with E-state index in [-0.39, 0.29) is 6.09 Å². The second-order valence-electron chi connectivity index (χ2n) is 8.79. The van der Waals surface area contributed by atoms with Crippen LogP contribution in [-0.4, -0.2) is 52.4 Å². The number of carbonyl (C=O) groups excluding carboxylic acids is 1. The lowest BCUT2D eigenvalue weighted by molar-refractivity contribution is 0.0181. The van der Waals surface area contributed by atoms with E-state index in [4.69, 9.17) is 21.7 Å². The van der Waals surface area contributed by atoms with Gasteiger partial charge in [0.1, 0.15) is 10.8 Å². The highest BCUT2D eigenvalue weighted by molar-refractivity contribution is 6.29. The summed E-state index contributed by atoms with van der Waals surface area (Å²) in [5, 5.41) is 11.5. The van der Waals surface area contributed by atoms with Gasteiger partial charge in [-0.15, -0.1) is 0 Å². The number of nitrogens with one attached hydrogen (secondary N) is 2. The minimum absolute atomic E-state index is 0.220. The third kappa shape index (κ3) is 6.66. The second-order valence-corrected chi connectivity index (χ2v) is 9.18. The van der Waals surface area contributed by atoms with Crippen LogP contribution in [0.3, 0.4) is 0 Å². The standard InChI is InChI=1S/C23H30ClN5O2/c1-23(2,3)31-22(30)29-10-7-16(8-11-29)6-9-26-14-18(13-25)17-12-20-19(27-15-17)4-5-21(24)28-20/h4-5,12-16,25-26H,6-11H2,1-3H3/b18-14+,25-13?. The first-order chi connectivity index (χ1) is 14.7. The number of ether oxygens (including phenoxy) is 1. The number of likely N-dealkylation sites (tertiary alicyclic amines) is 1. The Hall–Kier alpha value is -2.67. The average molecular weight is 444 g/mol. The topological polar surface area (TPSA) is 91.2 Å². The SMILES string of the molecule is CC(C)(C)OC(=O)N1CCC(CCN/C=C(\C=N)c2cnc3ccc(Cl)nc3c2)CC1. The first kappa shape index (κ1) is 23.0. The average Bonchev–Trinajstić information content (AvgIpc) is 2.72. The number of allylic oxidation sites excluding steroid dienone is 1. The van der Waals surface area contributed by atoms with Gasteiger partial charge in [-0.05, 0) is 64.2 Å². The molecule has 2 aromatic heterocycles. The van der Waals surface area contributed by atoms with E-state index in [0.29, 0.717) is 16.6 Å². The number of aromatic nitrogens is 2. The fourth-order valence-corrected chi connectivity index (χ4v) is 3.70. The van der Waals surface area contributed by atoms with Gasteiger partial charge >= 0.3 is 6.09 Å². The minimum atomic E-state index is -0.459. The monoisotopic (exact) mass is 443 g/mol. The molecule has 1 saturated heterocycles. The Bertz CT molecular complexity index is 962. The Kier molecular flexibility index (Phi) is 7.49. The summed E-state index contributed by atoms with van der Waals surface area (Å²) < 4.78 is 5.45. The van der Waals surface area contributed by atoms with Crippen LogP contribution in [0.15, 0.2) is 30.6 Å². The number of pyridine rings is 2. The highest BCUT2D eigenvalue weighted by Crippen LogP contribution is 2.22. The largest absolute Gasteiger partial charge is 0.444 e. The quantitative estimate of drug-likeness (QED) is 0.376. The van der Waals surface area contributed by atoms with Crippen LogP contribution in [0, 0.1) is 11.3 Å². The zero-order valence-electron chi connectivity index (χ0n) is 18.3. The fourth-order valence-electron chi connectivity index (χ4n) is 3.55. The summed E-state index contributed by atoms with van der Waals surface area (Å²) in [5.74, 6) is 0.566. The lowest BCUT2D eigenvalue weighted by atomic mass is 9.94. The van der Waals surface area contributed by atoms with Crippen LogP contribution in [0.4, 0.5) is 4.79 Å². The molecule has 0 saturated carbocycles. The number of nitrogens with zero attached hydrogens (tertiary/aromatic N) is 3. The molecule has 166 valence electrons. The minimum Gasteiger partial charge on any atom is -0.444 e. The Labute approximate surface area is 188 Å². The molecule has 0 spiro atoms. The molecule has 0 aromatic carbocycles. The number of rotatable bonds is 6. The molecule has 2 aromatic rings. The second kappa shape index (κ2) is 10.1. The molecule has 3 rings (SSSR count). The van der Waals surface area contributed by atoms with E-state index in [9.17, 15) is 4.79 Å². The summed E-state index contributed by atoms with van der Waals surface area (Å²) in [6.45, 7) is 7.94. The first-order valence-corrected chi connectivity index (χ1v) is 11.0. The van der Waals surface area contributed by atoms with Gasteiger partial charge < -0.3 is 20.4 Å². The van der Waals surface area contributed by atoms with E-state index in [1.165, 1.54) is 6.21 Å². The summed E-state index contributed by atoms with van der Waals surface area (Å²) in [5.41, 5.74) is 2.56. The van der Waals surface area contributed by atoms with Crippen LogP contribution in [0.1, 0.15) is 45.6 Å². The van der Waals surface area contributed by atoms with E-state index >= 15 is 0 Å². The van der Waals surface area contributed by atoms with Gasteiger partial charge in [-0.25, -0.2) is 9.78 Å². The van der Waals surface area contributed by atoms with Crippen molar-refractivity contribution in [2.75, 3.05) is 19.6 Å². The van der Waals surface area contributed by atoms with Crippen molar-refractivity contribution >= 4 is 40.5 Å². The molecule has 1 fully saturated rings. The van der Waals surface area contributed by atoms with Crippen LogP contribution in [0.5, 0.6) is 0 Å². The van der Waals surface area contributed by atoms with Crippen LogP contribution in [0.25, 0.3) is 16.6 Å². The van der Waals surface area contributed by atoms with Gasteiger partial charge in [-0.3, -0.25) is 4.98 Å². The van der Waals surface area contributed by atoms with E-state index in [0.717, 1.165) is 55.5 Å². The predicted octanol–water partition coefficient (Wildman–Crippen LogP) is 4.90. The normalized spacial score (nSPS) is 15.7. The van der Waals surface area contributed by atoms with Gasteiger partial charge in [0.15, 0.2) is 0 Å². The van der Waals surface area contributed by atoms with Crippen molar-refractivity contribution in [2.45, 2.75) is 45.6 Å². The molecule has 3 heterocycles. The Balaban J connectivity index is 1.48. The highest BCUT2D eigenvalue weighted by Gasteiger charge is 2.26. The number of fused-ring (bicyclic) bond motifs is 1. The summed E-state index contributed by atoms with van der Waals surface area (Å²) in [6.07, 6.45) is 7.63. The van der Waals surface area contributed by atoms with Crippen molar-refractivity contribution in [2.24, 2.45) is 5.92 Å². The molecule has 2 N–H and O–H groups in total. The number of carbonyl (C=O) groups is 1. The maximum atomic E-state index is 12.2. The molecule has 7 nitrogen and oxygen atoms in total. The van der Waals surface area contributed by atoms with Gasteiger partial charge in [0.05, 0.1) is 11.0 Å². The third-order valence-corrected chi connectivity index (χ3v) is 5.42. The molecule has 1 aliphatic heterocycles. The molecule has 31 heavy (non-hydrogen) atoms. The van der Waals surface area contributed by atoms with Crippen LogP contribution in [0.2, 0.25) is 5.15 Å². The van der Waals surface area contributed by atoms with E-state index in [2.05, 4.69) is 15.3 Å². The summed E-state index contributed by atoms with van der Waals surface area (Å²) in [7, 11) is 0. The lowest BCUT2D eigenvalue weighted by Gasteiger charge is -2.33. The predicted molar refractivity (Wildman–Crippen MR) is 124 cm³/mol. The van der Waals surface area contributed by atoms with E-state index in [1.54, 1.807) is 17.2 Å². The van der Waals surface area contributed by atoms with Crippen molar-refractivity contribution in [3.8, 4) is 0 Å². The molecule has 0 bridgehead atoms. The number of hydrogen-bond donors (Lipinski definition) is 2. The molecule has 8 heteroatoms. The van der Waals surface area contributed by atoms with Crippen molar-refractivity contribution in [3.05, 3.63) is 41.3 Å². The van der Waals surface area contributed by atoms with E-state index in [1.807, 2.05) is 39.1 Å². The maximum Gasteiger partial charge on any atom is 0.410 e. The Morgan fingerprint density at radius 3 is 2.74 bits per heavy atom. The lowest BCUT2D eigenvalue weighted by Crippen LogP contribution is -2.42. The fraction of sp³-hybridized carbons (Fsp3) is 0.478. The Morgan fingerprint density at radius 1 is 1.32 bits per heavy atom. The highest BCUT2D eigenvalue weighted by atomic mass is 35.5. The molecule has 0 radical (unpaired) electrons. The summed E-state index contributed by atoms with van der Waals surface area (Å²) in [4.78, 5) is 22.7. The Morgan fingerprint density at radius 2 is 2.06 bits per heavy atom.